The van der Waals surface area contributed by atoms with Crippen molar-refractivity contribution in [3.63, 3.8) is 0 Å². The predicted molar refractivity (Wildman–Crippen MR) is 139 cm³/mol. The third kappa shape index (κ3) is 5.09. The van der Waals surface area contributed by atoms with Gasteiger partial charge in [-0.05, 0) is 48.2 Å². The van der Waals surface area contributed by atoms with E-state index < -0.39 is 0 Å². The number of ether oxygens (including phenoxy) is 1. The van der Waals surface area contributed by atoms with Crippen LogP contribution in [0.25, 0.3) is 11.1 Å². The van der Waals surface area contributed by atoms with Crippen LogP contribution in [-0.4, -0.2) is 73.0 Å². The maximum atomic E-state index is 13.1. The van der Waals surface area contributed by atoms with Crippen molar-refractivity contribution in [3.8, 4) is 11.1 Å². The van der Waals surface area contributed by atoms with Crippen LogP contribution in [-0.2, 0) is 10.3 Å². The minimum absolute atomic E-state index is 0.0143. The molecule has 2 aromatic carbocycles. The van der Waals surface area contributed by atoms with E-state index in [1.165, 1.54) is 6.42 Å². The molecular formula is C27H33ClN4O4. The number of benzene rings is 2. The molecule has 2 fully saturated rings. The number of rotatable bonds is 6. The van der Waals surface area contributed by atoms with Gasteiger partial charge in [0.2, 0.25) is 0 Å². The number of nitrogens with zero attached hydrogens (tertiary/aromatic N) is 2. The first kappa shape index (κ1) is 25.0. The fourth-order valence-corrected chi connectivity index (χ4v) is 5.85. The molecule has 1 saturated heterocycles. The zero-order valence-electron chi connectivity index (χ0n) is 20.4. The quantitative estimate of drug-likeness (QED) is 0.508. The van der Waals surface area contributed by atoms with Gasteiger partial charge in [0.25, 0.3) is 5.91 Å². The van der Waals surface area contributed by atoms with Crippen LogP contribution in [0.15, 0.2) is 36.4 Å². The van der Waals surface area contributed by atoms with Crippen molar-refractivity contribution in [1.29, 1.82) is 0 Å². The molecule has 0 unspecified atom stereocenters. The molecule has 2 aromatic rings. The standard InChI is InChI=1S/C27H33ClN4O4/c28-23-17-21(16-22-24(23)29-26(35)30-27(22)8-2-1-3-9-27)19-4-6-20(7-5-19)25(34)32-12-10-31(11-13-32)18-36-15-14-33/h4-7,16-17,33H,1-3,8-15,18H2,(H2,29,30,35). The van der Waals surface area contributed by atoms with Gasteiger partial charge in [0.15, 0.2) is 0 Å². The number of hydrogen-bond donors (Lipinski definition) is 3. The highest BCUT2D eigenvalue weighted by molar-refractivity contribution is 6.34. The Labute approximate surface area is 216 Å². The molecule has 0 bridgehead atoms. The highest BCUT2D eigenvalue weighted by Crippen LogP contribution is 2.46. The van der Waals surface area contributed by atoms with Crippen molar-refractivity contribution >= 4 is 29.2 Å². The van der Waals surface area contributed by atoms with E-state index in [1.807, 2.05) is 35.2 Å². The summed E-state index contributed by atoms with van der Waals surface area (Å²) in [5, 5.41) is 15.5. The lowest BCUT2D eigenvalue weighted by Gasteiger charge is -2.43. The number of aliphatic hydroxyl groups is 1. The fraction of sp³-hybridized carbons (Fsp3) is 0.481. The van der Waals surface area contributed by atoms with Crippen LogP contribution in [0.5, 0.6) is 0 Å². The summed E-state index contributed by atoms with van der Waals surface area (Å²) in [5.41, 5.74) is 3.98. The minimum atomic E-state index is -0.378. The van der Waals surface area contributed by atoms with E-state index in [0.29, 0.717) is 42.7 Å². The number of carbonyl (C=O) groups excluding carboxylic acids is 2. The van der Waals surface area contributed by atoms with Crippen LogP contribution >= 0.6 is 11.6 Å². The molecule has 3 aliphatic rings. The fourth-order valence-electron chi connectivity index (χ4n) is 5.58. The molecule has 5 rings (SSSR count). The van der Waals surface area contributed by atoms with E-state index in [4.69, 9.17) is 21.4 Å². The molecular weight excluding hydrogens is 480 g/mol. The van der Waals surface area contributed by atoms with E-state index in [-0.39, 0.29) is 24.1 Å². The van der Waals surface area contributed by atoms with E-state index in [0.717, 1.165) is 55.5 Å². The summed E-state index contributed by atoms with van der Waals surface area (Å²) in [6.07, 6.45) is 5.13. The molecule has 9 heteroatoms. The van der Waals surface area contributed by atoms with Gasteiger partial charge in [-0.3, -0.25) is 9.69 Å². The van der Waals surface area contributed by atoms with E-state index in [9.17, 15) is 9.59 Å². The Morgan fingerprint density at radius 2 is 1.75 bits per heavy atom. The number of nitrogens with one attached hydrogen (secondary N) is 2. The van der Waals surface area contributed by atoms with Gasteiger partial charge in [0.1, 0.15) is 0 Å². The first-order chi connectivity index (χ1) is 17.5. The van der Waals surface area contributed by atoms with Crippen LogP contribution in [0, 0.1) is 0 Å². The average Bonchev–Trinajstić information content (AvgIpc) is 2.90. The first-order valence-corrected chi connectivity index (χ1v) is 13.1. The van der Waals surface area contributed by atoms with Gasteiger partial charge in [-0.25, -0.2) is 4.79 Å². The molecule has 36 heavy (non-hydrogen) atoms. The van der Waals surface area contributed by atoms with Gasteiger partial charge in [-0.1, -0.05) is 43.0 Å². The average molecular weight is 513 g/mol. The molecule has 1 aliphatic carbocycles. The third-order valence-electron chi connectivity index (χ3n) is 7.54. The topological polar surface area (TPSA) is 94.1 Å². The second kappa shape index (κ2) is 10.8. The molecule has 8 nitrogen and oxygen atoms in total. The lowest BCUT2D eigenvalue weighted by atomic mass is 9.74. The molecule has 192 valence electrons. The summed E-state index contributed by atoms with van der Waals surface area (Å²) < 4.78 is 5.38. The van der Waals surface area contributed by atoms with Crippen LogP contribution in [0.2, 0.25) is 5.02 Å². The molecule has 2 heterocycles. The Hall–Kier alpha value is -2.65. The van der Waals surface area contributed by atoms with E-state index in [1.54, 1.807) is 0 Å². The zero-order valence-corrected chi connectivity index (χ0v) is 21.1. The van der Waals surface area contributed by atoms with Crippen molar-refractivity contribution in [3.05, 3.63) is 52.5 Å². The number of anilines is 1. The maximum Gasteiger partial charge on any atom is 0.319 e. The summed E-state index contributed by atoms with van der Waals surface area (Å²) in [6.45, 7) is 3.59. The smallest absolute Gasteiger partial charge is 0.319 e. The molecule has 3 amide bonds. The number of fused-ring (bicyclic) bond motifs is 2. The summed E-state index contributed by atoms with van der Waals surface area (Å²) >= 11 is 6.67. The van der Waals surface area contributed by atoms with Crippen molar-refractivity contribution < 1.29 is 19.4 Å². The van der Waals surface area contributed by atoms with Gasteiger partial charge >= 0.3 is 6.03 Å². The van der Waals surface area contributed by atoms with Crippen molar-refractivity contribution in [2.45, 2.75) is 37.6 Å². The summed E-state index contributed by atoms with van der Waals surface area (Å²) in [7, 11) is 0. The van der Waals surface area contributed by atoms with E-state index in [2.05, 4.69) is 21.6 Å². The Balaban J connectivity index is 1.31. The Morgan fingerprint density at radius 3 is 2.44 bits per heavy atom. The number of carbonyl (C=O) groups is 2. The van der Waals surface area contributed by atoms with Crippen LogP contribution in [0.4, 0.5) is 10.5 Å². The van der Waals surface area contributed by atoms with Crippen LogP contribution in [0.1, 0.15) is 48.0 Å². The lowest BCUT2D eigenvalue weighted by Crippen LogP contribution is -2.52. The number of piperazine rings is 1. The number of amides is 3. The van der Waals surface area contributed by atoms with Gasteiger partial charge < -0.3 is 25.4 Å². The third-order valence-corrected chi connectivity index (χ3v) is 7.84. The predicted octanol–water partition coefficient (Wildman–Crippen LogP) is 4.03. The monoisotopic (exact) mass is 512 g/mol. The zero-order chi connectivity index (χ0) is 25.1. The molecule has 0 atom stereocenters. The number of urea groups is 1. The SMILES string of the molecule is O=C1Nc2c(Cl)cc(-c3ccc(C(=O)N4CCN(COCCO)CC4)cc3)cc2C2(CCCCC2)N1. The van der Waals surface area contributed by atoms with Gasteiger partial charge in [0, 0.05) is 37.3 Å². The Bertz CT molecular complexity index is 1110. The number of halogens is 1. The summed E-state index contributed by atoms with van der Waals surface area (Å²) in [6, 6.07) is 11.5. The van der Waals surface area contributed by atoms with Crippen molar-refractivity contribution in [2.75, 3.05) is 51.4 Å². The molecule has 2 aliphatic heterocycles. The number of aliphatic hydroxyl groups excluding tert-OH is 1. The normalized spacial score (nSPS) is 19.5. The molecule has 0 radical (unpaired) electrons. The van der Waals surface area contributed by atoms with Gasteiger partial charge in [-0.2, -0.15) is 0 Å². The summed E-state index contributed by atoms with van der Waals surface area (Å²) in [5.74, 6) is 0.0222. The molecule has 1 saturated carbocycles. The van der Waals surface area contributed by atoms with Crippen LogP contribution in [0.3, 0.4) is 0 Å². The molecule has 1 spiro atoms. The minimum Gasteiger partial charge on any atom is -0.394 e. The Kier molecular flexibility index (Phi) is 7.48. The molecule has 3 N–H and O–H groups in total. The van der Waals surface area contributed by atoms with E-state index >= 15 is 0 Å². The van der Waals surface area contributed by atoms with Crippen LogP contribution < -0.4 is 10.6 Å². The van der Waals surface area contributed by atoms with Crippen molar-refractivity contribution in [2.24, 2.45) is 0 Å². The molecule has 0 aromatic heterocycles. The maximum absolute atomic E-state index is 13.1. The van der Waals surface area contributed by atoms with Gasteiger partial charge in [-0.15, -0.1) is 0 Å². The number of hydrogen-bond acceptors (Lipinski definition) is 5. The van der Waals surface area contributed by atoms with Crippen molar-refractivity contribution in [1.82, 2.24) is 15.1 Å². The van der Waals surface area contributed by atoms with Gasteiger partial charge in [0.05, 0.1) is 36.2 Å². The highest BCUT2D eigenvalue weighted by atomic mass is 35.5. The largest absolute Gasteiger partial charge is 0.394 e. The Morgan fingerprint density at radius 1 is 1.03 bits per heavy atom. The second-order valence-electron chi connectivity index (χ2n) is 9.85. The summed E-state index contributed by atoms with van der Waals surface area (Å²) in [4.78, 5) is 29.5. The second-order valence-corrected chi connectivity index (χ2v) is 10.3. The first-order valence-electron chi connectivity index (χ1n) is 12.7. The lowest BCUT2D eigenvalue weighted by molar-refractivity contribution is -0.00777. The highest BCUT2D eigenvalue weighted by Gasteiger charge is 2.41.